The van der Waals surface area contributed by atoms with Crippen LogP contribution in [0.4, 0.5) is 0 Å². The first-order valence-corrected chi connectivity index (χ1v) is 8.50. The summed E-state index contributed by atoms with van der Waals surface area (Å²) in [7, 11) is -1.88. The van der Waals surface area contributed by atoms with Crippen LogP contribution >= 0.6 is 39.3 Å². The molecule has 1 N–H and O–H groups in total. The van der Waals surface area contributed by atoms with Crippen molar-refractivity contribution in [1.82, 2.24) is 0 Å². The topological polar surface area (TPSA) is 20.2 Å². The van der Waals surface area contributed by atoms with E-state index in [1.54, 1.807) is 0 Å². The van der Waals surface area contributed by atoms with Gasteiger partial charge in [-0.1, -0.05) is 62.2 Å². The smallest absolute Gasteiger partial charge is 0.0334 e. The summed E-state index contributed by atoms with van der Waals surface area (Å²) in [6.45, 7) is 0. The molecule has 2 rings (SSSR count). The maximum Gasteiger partial charge on any atom is 0.0334 e. The minimum absolute atomic E-state index is 0.404. The molecule has 0 bridgehead atoms. The molecule has 4 heteroatoms. The van der Waals surface area contributed by atoms with Crippen LogP contribution in [0.15, 0.2) is 30.3 Å². The second-order valence-electron chi connectivity index (χ2n) is 3.66. The molecule has 0 saturated carbocycles. The molecular weight excluding hydrogens is 327 g/mol. The molecule has 1 saturated heterocycles. The van der Waals surface area contributed by atoms with Crippen molar-refractivity contribution < 1.29 is 4.89 Å². The Bertz CT molecular complexity index is 307. The van der Waals surface area contributed by atoms with Gasteiger partial charge in [0.1, 0.15) is 0 Å². The van der Waals surface area contributed by atoms with Gasteiger partial charge >= 0.3 is 0 Å². The van der Waals surface area contributed by atoms with Crippen molar-refractivity contribution in [2.45, 2.75) is 9.65 Å². The van der Waals surface area contributed by atoms with E-state index in [0.29, 0.717) is 9.65 Å². The molecule has 1 aliphatic rings. The lowest BCUT2D eigenvalue weighted by Gasteiger charge is -2.25. The summed E-state index contributed by atoms with van der Waals surface area (Å²) in [4.78, 5) is 11.4. The Labute approximate surface area is 102 Å². The maximum atomic E-state index is 10.6. The lowest BCUT2D eigenvalue weighted by molar-refractivity contribution is 0.618. The van der Waals surface area contributed by atoms with Gasteiger partial charge in [0.05, 0.1) is 0 Å². The van der Waals surface area contributed by atoms with Crippen LogP contribution < -0.4 is 5.30 Å². The summed E-state index contributed by atoms with van der Waals surface area (Å²) in [5.41, 5.74) is 0. The molecule has 14 heavy (non-hydrogen) atoms. The molecule has 1 aliphatic heterocycles. The standard InChI is InChI=1S/C10H12Br2OP/c11-9-6-14(13,7-10(9)12)8-4-2-1-3-5-8/h1-5,9-10,13H,6-7H2. The highest BCUT2D eigenvalue weighted by Gasteiger charge is 2.41. The predicted molar refractivity (Wildman–Crippen MR) is 70.4 cm³/mol. The highest BCUT2D eigenvalue weighted by Crippen LogP contribution is 2.61. The van der Waals surface area contributed by atoms with Gasteiger partial charge in [0.25, 0.3) is 0 Å². The number of halogens is 2. The Hall–Kier alpha value is 0.570. The quantitative estimate of drug-likeness (QED) is 0.616. The van der Waals surface area contributed by atoms with Crippen molar-refractivity contribution in [3.05, 3.63) is 30.3 Å². The van der Waals surface area contributed by atoms with Crippen LogP contribution in [0.2, 0.25) is 0 Å². The third-order valence-electron chi connectivity index (χ3n) is 2.58. The first-order valence-electron chi connectivity index (χ1n) is 4.55. The van der Waals surface area contributed by atoms with Crippen molar-refractivity contribution in [1.29, 1.82) is 0 Å². The summed E-state index contributed by atoms with van der Waals surface area (Å²) in [6, 6.07) is 10.1. The van der Waals surface area contributed by atoms with Gasteiger partial charge in [-0.3, -0.25) is 0 Å². The van der Waals surface area contributed by atoms with Crippen LogP contribution in [-0.4, -0.2) is 26.9 Å². The summed E-state index contributed by atoms with van der Waals surface area (Å²) in [5, 5.41) is 1.13. The van der Waals surface area contributed by atoms with Gasteiger partial charge in [0.2, 0.25) is 0 Å². The van der Waals surface area contributed by atoms with E-state index in [9.17, 15) is 4.89 Å². The minimum atomic E-state index is -1.88. The molecule has 1 heterocycles. The van der Waals surface area contributed by atoms with E-state index in [2.05, 4.69) is 31.9 Å². The summed E-state index contributed by atoms with van der Waals surface area (Å²) >= 11 is 7.19. The first kappa shape index (κ1) is 11.1. The van der Waals surface area contributed by atoms with E-state index in [4.69, 9.17) is 0 Å². The van der Waals surface area contributed by atoms with E-state index in [1.165, 1.54) is 0 Å². The lowest BCUT2D eigenvalue weighted by atomic mass is 10.4. The zero-order valence-corrected chi connectivity index (χ0v) is 11.7. The van der Waals surface area contributed by atoms with Gasteiger partial charge in [-0.2, -0.15) is 0 Å². The van der Waals surface area contributed by atoms with Crippen LogP contribution in [0.1, 0.15) is 0 Å². The number of benzene rings is 1. The molecular formula is C10H12Br2OP. The van der Waals surface area contributed by atoms with Gasteiger partial charge in [-0.05, 0) is 5.30 Å². The summed E-state index contributed by atoms with van der Waals surface area (Å²) in [5.74, 6) is 0. The second kappa shape index (κ2) is 4.21. The largest absolute Gasteiger partial charge is 0.375 e. The molecule has 0 amide bonds. The molecule has 77 valence electrons. The zero-order valence-electron chi connectivity index (χ0n) is 7.61. The predicted octanol–water partition coefficient (Wildman–Crippen LogP) is 2.78. The molecule has 0 aromatic heterocycles. The van der Waals surface area contributed by atoms with E-state index >= 15 is 0 Å². The third-order valence-corrected chi connectivity index (χ3v) is 9.47. The van der Waals surface area contributed by atoms with Crippen molar-refractivity contribution in [3.8, 4) is 0 Å². The monoisotopic (exact) mass is 337 g/mol. The number of alkyl halides is 2. The SMILES string of the molecule is O[P]1(c2ccccc2)CC(Br)C(Br)C1. The maximum absolute atomic E-state index is 10.6. The highest BCUT2D eigenvalue weighted by atomic mass is 79.9. The second-order valence-corrected chi connectivity index (χ2v) is 9.10. The molecule has 1 nitrogen and oxygen atoms in total. The van der Waals surface area contributed by atoms with E-state index in [0.717, 1.165) is 17.6 Å². The van der Waals surface area contributed by atoms with Gasteiger partial charge in [0.15, 0.2) is 0 Å². The van der Waals surface area contributed by atoms with Crippen molar-refractivity contribution in [3.63, 3.8) is 0 Å². The fourth-order valence-electron chi connectivity index (χ4n) is 1.80. The normalized spacial score (nSPS) is 37.4. The molecule has 2 unspecified atom stereocenters. The van der Waals surface area contributed by atoms with Crippen LogP contribution in [0.3, 0.4) is 0 Å². The molecule has 1 aromatic carbocycles. The van der Waals surface area contributed by atoms with Crippen LogP contribution in [-0.2, 0) is 0 Å². The minimum Gasteiger partial charge on any atom is -0.375 e. The first-order chi connectivity index (χ1) is 6.62. The Morgan fingerprint density at radius 2 is 1.57 bits per heavy atom. The summed E-state index contributed by atoms with van der Waals surface area (Å²) in [6.07, 6.45) is 1.76. The molecule has 1 radical (unpaired) electrons. The third kappa shape index (κ3) is 2.06. The van der Waals surface area contributed by atoms with Gasteiger partial charge in [-0.25, -0.2) is 0 Å². The van der Waals surface area contributed by atoms with E-state index < -0.39 is 7.49 Å². The molecule has 0 spiro atoms. The fourth-order valence-corrected chi connectivity index (χ4v) is 8.58. The lowest BCUT2D eigenvalue weighted by Crippen LogP contribution is -2.12. The Morgan fingerprint density at radius 3 is 2.07 bits per heavy atom. The van der Waals surface area contributed by atoms with Gasteiger partial charge in [-0.15, -0.1) is 0 Å². The number of rotatable bonds is 1. The van der Waals surface area contributed by atoms with Gasteiger partial charge in [0, 0.05) is 29.5 Å². The molecule has 1 fully saturated rings. The Kier molecular flexibility index (Phi) is 3.33. The van der Waals surface area contributed by atoms with Crippen LogP contribution in [0.25, 0.3) is 0 Å². The average molecular weight is 339 g/mol. The van der Waals surface area contributed by atoms with E-state index in [1.807, 2.05) is 30.3 Å². The molecule has 2 atom stereocenters. The van der Waals surface area contributed by atoms with Crippen molar-refractivity contribution >= 4 is 44.7 Å². The average Bonchev–Trinajstić information content (AvgIpc) is 2.44. The highest BCUT2D eigenvalue weighted by molar-refractivity contribution is 9.12. The molecule has 0 aliphatic carbocycles. The van der Waals surface area contributed by atoms with Crippen molar-refractivity contribution in [2.75, 3.05) is 12.3 Å². The van der Waals surface area contributed by atoms with E-state index in [-0.39, 0.29) is 0 Å². The fraction of sp³-hybridized carbons (Fsp3) is 0.400. The summed E-state index contributed by atoms with van der Waals surface area (Å²) < 4.78 is 0. The Morgan fingerprint density at radius 1 is 1.07 bits per heavy atom. The number of hydrogen-bond donors (Lipinski definition) is 1. The van der Waals surface area contributed by atoms with Crippen LogP contribution in [0, 0.1) is 0 Å². The van der Waals surface area contributed by atoms with Gasteiger partial charge < -0.3 is 4.89 Å². The molecule has 1 aromatic rings. The number of hydrogen-bond acceptors (Lipinski definition) is 1. The zero-order chi connectivity index (χ0) is 10.2. The van der Waals surface area contributed by atoms with Crippen molar-refractivity contribution in [2.24, 2.45) is 0 Å². The van der Waals surface area contributed by atoms with Crippen LogP contribution in [0.5, 0.6) is 0 Å². The Balaban J connectivity index is 2.27.